The molecule has 0 unspecified atom stereocenters. The van der Waals surface area contributed by atoms with E-state index in [2.05, 4.69) is 170 Å². The van der Waals surface area contributed by atoms with Gasteiger partial charge in [-0.25, -0.2) is 0 Å². The highest BCUT2D eigenvalue weighted by Gasteiger charge is 2.16. The van der Waals surface area contributed by atoms with E-state index in [9.17, 15) is 0 Å². The SMILES string of the molecule is c1ccc2cc(-c3ccc(-c4ccc5c(c4)sc4ccc6c(ccc7sc8cc(-c9cccc%10ccccc9%10)ccc8c76)c45)cc3)ccc2c1. The van der Waals surface area contributed by atoms with E-state index in [4.69, 9.17) is 0 Å². The predicted molar refractivity (Wildman–Crippen MR) is 221 cm³/mol. The first-order valence-electron chi connectivity index (χ1n) is 17.1. The zero-order valence-electron chi connectivity index (χ0n) is 27.0. The van der Waals surface area contributed by atoms with Crippen LogP contribution in [0.1, 0.15) is 0 Å². The number of benzene rings is 9. The van der Waals surface area contributed by atoms with Crippen molar-refractivity contribution in [3.8, 4) is 33.4 Å². The molecule has 11 rings (SSSR count). The average Bonchev–Trinajstić information content (AvgIpc) is 3.75. The van der Waals surface area contributed by atoms with E-state index >= 15 is 0 Å². The summed E-state index contributed by atoms with van der Waals surface area (Å²) in [7, 11) is 0. The fraction of sp³-hybridized carbons (Fsp3) is 0. The summed E-state index contributed by atoms with van der Waals surface area (Å²) in [5.41, 5.74) is 7.56. The van der Waals surface area contributed by atoms with Gasteiger partial charge >= 0.3 is 0 Å². The second-order valence-corrected chi connectivity index (χ2v) is 15.4. The lowest BCUT2D eigenvalue weighted by Crippen LogP contribution is -1.82. The molecule has 0 radical (unpaired) electrons. The number of rotatable bonds is 3. The number of hydrogen-bond donors (Lipinski definition) is 0. The number of fused-ring (bicyclic) bond motifs is 11. The van der Waals surface area contributed by atoms with Gasteiger partial charge in [-0.2, -0.15) is 0 Å². The molecule has 9 aromatic carbocycles. The second kappa shape index (κ2) is 10.9. The van der Waals surface area contributed by atoms with Crippen LogP contribution in [0, 0.1) is 0 Å². The Balaban J connectivity index is 0.998. The maximum atomic E-state index is 2.39. The molecule has 0 nitrogen and oxygen atoms in total. The fourth-order valence-electron chi connectivity index (χ4n) is 8.00. The second-order valence-electron chi connectivity index (χ2n) is 13.3. The zero-order valence-corrected chi connectivity index (χ0v) is 28.6. The molecule has 2 heteroatoms. The first-order chi connectivity index (χ1) is 24.7. The molecule has 0 N–H and O–H groups in total. The fourth-order valence-corrected chi connectivity index (χ4v) is 10.3. The van der Waals surface area contributed by atoms with Crippen LogP contribution < -0.4 is 0 Å². The van der Waals surface area contributed by atoms with Crippen molar-refractivity contribution in [2.75, 3.05) is 0 Å². The summed E-state index contributed by atoms with van der Waals surface area (Å²) in [5.74, 6) is 0. The van der Waals surface area contributed by atoms with E-state index in [0.717, 1.165) is 0 Å². The highest BCUT2D eigenvalue weighted by atomic mass is 32.1. The Labute approximate surface area is 297 Å². The summed E-state index contributed by atoms with van der Waals surface area (Å²) < 4.78 is 5.35. The molecular formula is C48H28S2. The molecule has 11 aromatic rings. The van der Waals surface area contributed by atoms with Gasteiger partial charge in [-0.05, 0) is 96.0 Å². The Kier molecular flexibility index (Phi) is 6.09. The molecule has 0 saturated carbocycles. The van der Waals surface area contributed by atoms with Crippen LogP contribution in [-0.4, -0.2) is 0 Å². The van der Waals surface area contributed by atoms with Crippen LogP contribution in [0.3, 0.4) is 0 Å². The Bertz CT molecular complexity index is 3130. The number of thiophene rings is 2. The van der Waals surface area contributed by atoms with Crippen LogP contribution in [0.2, 0.25) is 0 Å². The Morgan fingerprint density at radius 1 is 0.260 bits per heavy atom. The molecule has 0 bridgehead atoms. The highest BCUT2D eigenvalue weighted by molar-refractivity contribution is 7.26. The van der Waals surface area contributed by atoms with Crippen molar-refractivity contribution in [2.24, 2.45) is 0 Å². The molecular weight excluding hydrogens is 641 g/mol. The minimum atomic E-state index is 1.24. The normalized spacial score (nSPS) is 12.0. The van der Waals surface area contributed by atoms with Crippen LogP contribution in [0.25, 0.3) is 106 Å². The maximum Gasteiger partial charge on any atom is 0.0361 e. The quantitative estimate of drug-likeness (QED) is 0.176. The Hall–Kier alpha value is -5.80. The van der Waals surface area contributed by atoms with Crippen LogP contribution in [0.15, 0.2) is 170 Å². The van der Waals surface area contributed by atoms with Gasteiger partial charge in [0, 0.05) is 40.3 Å². The van der Waals surface area contributed by atoms with E-state index in [-0.39, 0.29) is 0 Å². The average molecular weight is 669 g/mol. The molecule has 0 aliphatic carbocycles. The third kappa shape index (κ3) is 4.29. The highest BCUT2D eigenvalue weighted by Crippen LogP contribution is 2.45. The van der Waals surface area contributed by atoms with Crippen molar-refractivity contribution in [1.82, 2.24) is 0 Å². The summed E-state index contributed by atoms with van der Waals surface area (Å²) in [4.78, 5) is 0. The van der Waals surface area contributed by atoms with E-state index < -0.39 is 0 Å². The summed E-state index contributed by atoms with van der Waals surface area (Å²) in [6, 6.07) is 63.1. The van der Waals surface area contributed by atoms with Gasteiger partial charge in [0.15, 0.2) is 0 Å². The van der Waals surface area contributed by atoms with Crippen molar-refractivity contribution >= 4 is 95.3 Å². The van der Waals surface area contributed by atoms with Gasteiger partial charge < -0.3 is 0 Å². The summed E-state index contributed by atoms with van der Waals surface area (Å²) in [6.07, 6.45) is 0. The largest absolute Gasteiger partial charge is 0.135 e. The number of hydrogen-bond acceptors (Lipinski definition) is 2. The van der Waals surface area contributed by atoms with Gasteiger partial charge in [-0.3, -0.25) is 0 Å². The van der Waals surface area contributed by atoms with Gasteiger partial charge in [0.2, 0.25) is 0 Å². The summed E-state index contributed by atoms with van der Waals surface area (Å²) in [6.45, 7) is 0. The van der Waals surface area contributed by atoms with Crippen molar-refractivity contribution in [3.63, 3.8) is 0 Å². The minimum Gasteiger partial charge on any atom is -0.135 e. The molecule has 50 heavy (non-hydrogen) atoms. The summed E-state index contributed by atoms with van der Waals surface area (Å²) in [5, 5.41) is 13.2. The molecule has 0 amide bonds. The van der Waals surface area contributed by atoms with Crippen molar-refractivity contribution < 1.29 is 0 Å². The summed E-state index contributed by atoms with van der Waals surface area (Å²) >= 11 is 3.80. The third-order valence-corrected chi connectivity index (χ3v) is 12.7. The van der Waals surface area contributed by atoms with Gasteiger partial charge in [-0.1, -0.05) is 140 Å². The molecule has 0 fully saturated rings. The first kappa shape index (κ1) is 28.1. The third-order valence-electron chi connectivity index (χ3n) is 10.5. The maximum absolute atomic E-state index is 2.39. The van der Waals surface area contributed by atoms with E-state index in [1.807, 2.05) is 22.7 Å². The van der Waals surface area contributed by atoms with Gasteiger partial charge in [0.25, 0.3) is 0 Å². The van der Waals surface area contributed by atoms with E-state index in [1.54, 1.807) is 0 Å². The van der Waals surface area contributed by atoms with Crippen LogP contribution >= 0.6 is 22.7 Å². The van der Waals surface area contributed by atoms with Crippen LogP contribution in [0.4, 0.5) is 0 Å². The lowest BCUT2D eigenvalue weighted by molar-refractivity contribution is 1.62. The topological polar surface area (TPSA) is 0 Å². The molecule has 0 aliphatic heterocycles. The first-order valence-corrected chi connectivity index (χ1v) is 18.7. The lowest BCUT2D eigenvalue weighted by atomic mass is 9.96. The predicted octanol–water partition coefficient (Wildman–Crippen LogP) is 14.9. The standard InChI is InChI=1S/C48H28S2/c1-2-8-33-26-34(17-16-29(33)6-1)30-12-14-31(15-13-30)35-18-20-41-45(27-35)49-43-24-22-40-39(47(41)43)23-25-44-48(40)42-21-19-36(28-46(42)50-44)38-11-5-9-32-7-3-4-10-37(32)38/h1-28H. The van der Waals surface area contributed by atoms with Gasteiger partial charge in [-0.15, -0.1) is 22.7 Å². The minimum absolute atomic E-state index is 1.24. The van der Waals surface area contributed by atoms with Crippen LogP contribution in [0.5, 0.6) is 0 Å². The van der Waals surface area contributed by atoms with Crippen molar-refractivity contribution in [1.29, 1.82) is 0 Å². The Morgan fingerprint density at radius 2 is 0.760 bits per heavy atom. The zero-order chi connectivity index (χ0) is 32.8. The van der Waals surface area contributed by atoms with Crippen molar-refractivity contribution in [3.05, 3.63) is 170 Å². The smallest absolute Gasteiger partial charge is 0.0361 e. The molecule has 232 valence electrons. The van der Waals surface area contributed by atoms with Crippen LogP contribution in [-0.2, 0) is 0 Å². The molecule has 2 heterocycles. The van der Waals surface area contributed by atoms with E-state index in [1.165, 1.54) is 106 Å². The van der Waals surface area contributed by atoms with E-state index in [0.29, 0.717) is 0 Å². The molecule has 0 atom stereocenters. The van der Waals surface area contributed by atoms with Gasteiger partial charge in [0.05, 0.1) is 0 Å². The molecule has 0 aliphatic rings. The van der Waals surface area contributed by atoms with Gasteiger partial charge in [0.1, 0.15) is 0 Å². The molecule has 0 spiro atoms. The monoisotopic (exact) mass is 668 g/mol. The molecule has 2 aromatic heterocycles. The lowest BCUT2D eigenvalue weighted by Gasteiger charge is -2.08. The Morgan fingerprint density at radius 3 is 1.46 bits per heavy atom. The van der Waals surface area contributed by atoms with Crippen molar-refractivity contribution in [2.45, 2.75) is 0 Å². The molecule has 0 saturated heterocycles.